The number of rotatable bonds is 7. The van der Waals surface area contributed by atoms with Crippen LogP contribution in [-0.2, 0) is 9.59 Å². The van der Waals surface area contributed by atoms with E-state index in [0.717, 1.165) is 12.8 Å². The second-order valence-electron chi connectivity index (χ2n) is 3.14. The number of nitrogens with two attached hydrogens (primary N) is 1. The van der Waals surface area contributed by atoms with Crippen LogP contribution in [0.4, 0.5) is 0 Å². The van der Waals surface area contributed by atoms with E-state index in [1.54, 1.807) is 0 Å². The molecule has 1 atom stereocenters. The summed E-state index contributed by atoms with van der Waals surface area (Å²) in [4.78, 5) is 21.8. The Labute approximate surface area is 83.7 Å². The number of hydrogen-bond acceptors (Lipinski definition) is 3. The van der Waals surface area contributed by atoms with Gasteiger partial charge in [-0.25, -0.2) is 4.79 Å². The van der Waals surface area contributed by atoms with Crippen molar-refractivity contribution < 1.29 is 14.7 Å². The van der Waals surface area contributed by atoms with Gasteiger partial charge in [0.2, 0.25) is 5.91 Å². The standard InChI is InChI=1S/C9H18N2O3/c1-2-3-4-7(9(13)14)11-8(12)5-6-10/h7H,2-6,10H2,1H3,(H,11,12)(H,13,14)/t7-/m1/s1. The van der Waals surface area contributed by atoms with Crippen molar-refractivity contribution in [3.63, 3.8) is 0 Å². The highest BCUT2D eigenvalue weighted by molar-refractivity contribution is 5.83. The molecular weight excluding hydrogens is 184 g/mol. The van der Waals surface area contributed by atoms with Crippen LogP contribution >= 0.6 is 0 Å². The summed E-state index contributed by atoms with van der Waals surface area (Å²) >= 11 is 0. The number of carboxylic acids is 1. The second kappa shape index (κ2) is 7.32. The fourth-order valence-corrected chi connectivity index (χ4v) is 1.06. The van der Waals surface area contributed by atoms with Crippen LogP contribution in [0, 0.1) is 0 Å². The molecule has 0 rings (SSSR count). The first-order chi connectivity index (χ1) is 6.61. The van der Waals surface area contributed by atoms with E-state index in [4.69, 9.17) is 10.8 Å². The predicted octanol–water partition coefficient (Wildman–Crippen LogP) is 0.0948. The summed E-state index contributed by atoms with van der Waals surface area (Å²) < 4.78 is 0. The molecule has 0 aromatic rings. The van der Waals surface area contributed by atoms with Crippen molar-refractivity contribution in [1.82, 2.24) is 5.32 Å². The summed E-state index contributed by atoms with van der Waals surface area (Å²) in [7, 11) is 0. The van der Waals surface area contributed by atoms with Crippen LogP contribution in [0.15, 0.2) is 0 Å². The third-order valence-corrected chi connectivity index (χ3v) is 1.85. The molecule has 0 fully saturated rings. The normalized spacial score (nSPS) is 12.1. The van der Waals surface area contributed by atoms with Gasteiger partial charge in [0.1, 0.15) is 6.04 Å². The van der Waals surface area contributed by atoms with Crippen LogP contribution in [0.3, 0.4) is 0 Å². The van der Waals surface area contributed by atoms with Crippen LogP contribution in [0.25, 0.3) is 0 Å². The Hall–Kier alpha value is -1.10. The fourth-order valence-electron chi connectivity index (χ4n) is 1.06. The van der Waals surface area contributed by atoms with Crippen molar-refractivity contribution in [2.24, 2.45) is 5.73 Å². The predicted molar refractivity (Wildman–Crippen MR) is 52.8 cm³/mol. The average molecular weight is 202 g/mol. The Morgan fingerprint density at radius 1 is 1.50 bits per heavy atom. The van der Waals surface area contributed by atoms with Gasteiger partial charge in [-0.15, -0.1) is 0 Å². The molecule has 0 aliphatic carbocycles. The minimum atomic E-state index is -0.983. The molecule has 0 unspecified atom stereocenters. The molecule has 82 valence electrons. The van der Waals surface area contributed by atoms with Crippen molar-refractivity contribution in [2.75, 3.05) is 6.54 Å². The number of nitrogens with one attached hydrogen (secondary N) is 1. The molecule has 0 heterocycles. The molecule has 14 heavy (non-hydrogen) atoms. The van der Waals surface area contributed by atoms with Gasteiger partial charge in [-0.1, -0.05) is 19.8 Å². The lowest BCUT2D eigenvalue weighted by Gasteiger charge is -2.13. The summed E-state index contributed by atoms with van der Waals surface area (Å²) in [5, 5.41) is 11.2. The molecule has 0 saturated heterocycles. The maximum absolute atomic E-state index is 11.1. The van der Waals surface area contributed by atoms with E-state index in [9.17, 15) is 9.59 Å². The Kier molecular flexibility index (Phi) is 6.74. The van der Waals surface area contributed by atoms with Crippen LogP contribution in [0.5, 0.6) is 0 Å². The van der Waals surface area contributed by atoms with Gasteiger partial charge in [-0.3, -0.25) is 4.79 Å². The quantitative estimate of drug-likeness (QED) is 0.545. The highest BCUT2D eigenvalue weighted by atomic mass is 16.4. The summed E-state index contributed by atoms with van der Waals surface area (Å²) in [5.41, 5.74) is 5.17. The van der Waals surface area contributed by atoms with Crippen molar-refractivity contribution in [2.45, 2.75) is 38.6 Å². The van der Waals surface area contributed by atoms with Gasteiger partial charge in [0.15, 0.2) is 0 Å². The summed E-state index contributed by atoms with van der Waals surface area (Å²) in [5.74, 6) is -1.28. The molecular formula is C9H18N2O3. The first-order valence-electron chi connectivity index (χ1n) is 4.84. The molecule has 0 radical (unpaired) electrons. The molecule has 0 spiro atoms. The number of hydrogen-bond donors (Lipinski definition) is 3. The first kappa shape index (κ1) is 12.9. The van der Waals surface area contributed by atoms with E-state index in [2.05, 4.69) is 5.32 Å². The number of aliphatic carboxylic acids is 1. The lowest BCUT2D eigenvalue weighted by Crippen LogP contribution is -2.41. The summed E-state index contributed by atoms with van der Waals surface area (Å²) in [6.45, 7) is 2.21. The number of amides is 1. The Morgan fingerprint density at radius 2 is 2.14 bits per heavy atom. The maximum atomic E-state index is 11.1. The van der Waals surface area contributed by atoms with Gasteiger partial charge >= 0.3 is 5.97 Å². The van der Waals surface area contributed by atoms with Gasteiger partial charge in [-0.05, 0) is 6.42 Å². The van der Waals surface area contributed by atoms with E-state index in [1.165, 1.54) is 0 Å². The van der Waals surface area contributed by atoms with E-state index in [-0.39, 0.29) is 18.9 Å². The molecule has 4 N–H and O–H groups in total. The maximum Gasteiger partial charge on any atom is 0.326 e. The third-order valence-electron chi connectivity index (χ3n) is 1.85. The zero-order chi connectivity index (χ0) is 11.0. The smallest absolute Gasteiger partial charge is 0.326 e. The molecule has 5 nitrogen and oxygen atoms in total. The zero-order valence-corrected chi connectivity index (χ0v) is 8.45. The topological polar surface area (TPSA) is 92.4 Å². The van der Waals surface area contributed by atoms with Crippen molar-refractivity contribution in [3.05, 3.63) is 0 Å². The second-order valence-corrected chi connectivity index (χ2v) is 3.14. The molecule has 1 amide bonds. The minimum Gasteiger partial charge on any atom is -0.480 e. The average Bonchev–Trinajstić information content (AvgIpc) is 2.12. The largest absolute Gasteiger partial charge is 0.480 e. The molecule has 0 aliphatic rings. The number of carbonyl (C=O) groups excluding carboxylic acids is 1. The van der Waals surface area contributed by atoms with Crippen LogP contribution < -0.4 is 11.1 Å². The minimum absolute atomic E-state index is 0.176. The van der Waals surface area contributed by atoms with Gasteiger partial charge < -0.3 is 16.2 Å². The first-order valence-corrected chi connectivity index (χ1v) is 4.84. The van der Waals surface area contributed by atoms with E-state index in [1.807, 2.05) is 6.92 Å². The number of carbonyl (C=O) groups is 2. The molecule has 0 aromatic carbocycles. The van der Waals surface area contributed by atoms with Crippen LogP contribution in [0.1, 0.15) is 32.6 Å². The SMILES string of the molecule is CCCC[C@@H](NC(=O)CCN)C(=O)O. The van der Waals surface area contributed by atoms with Crippen molar-refractivity contribution in [1.29, 1.82) is 0 Å². The number of unbranched alkanes of at least 4 members (excludes halogenated alkanes) is 1. The Balaban J connectivity index is 3.95. The third kappa shape index (κ3) is 5.53. The fraction of sp³-hybridized carbons (Fsp3) is 0.778. The Bertz CT molecular complexity index is 194. The number of carboxylic acid groups (broad SMARTS) is 1. The van der Waals surface area contributed by atoms with E-state index >= 15 is 0 Å². The molecule has 5 heteroatoms. The van der Waals surface area contributed by atoms with Gasteiger partial charge in [-0.2, -0.15) is 0 Å². The lowest BCUT2D eigenvalue weighted by molar-refractivity contribution is -0.142. The lowest BCUT2D eigenvalue weighted by atomic mass is 10.1. The molecule has 0 aliphatic heterocycles. The van der Waals surface area contributed by atoms with Crippen molar-refractivity contribution in [3.8, 4) is 0 Å². The van der Waals surface area contributed by atoms with Crippen molar-refractivity contribution >= 4 is 11.9 Å². The van der Waals surface area contributed by atoms with Gasteiger partial charge in [0.25, 0.3) is 0 Å². The summed E-state index contributed by atoms with van der Waals surface area (Å²) in [6, 6.07) is -0.769. The summed E-state index contributed by atoms with van der Waals surface area (Å²) in [6.07, 6.45) is 2.36. The van der Waals surface area contributed by atoms with Crippen LogP contribution in [-0.4, -0.2) is 29.6 Å². The molecule has 0 saturated carbocycles. The van der Waals surface area contributed by atoms with Gasteiger partial charge in [0, 0.05) is 13.0 Å². The van der Waals surface area contributed by atoms with Gasteiger partial charge in [0.05, 0.1) is 0 Å². The molecule has 0 aromatic heterocycles. The highest BCUT2D eigenvalue weighted by Crippen LogP contribution is 2.01. The highest BCUT2D eigenvalue weighted by Gasteiger charge is 2.18. The Morgan fingerprint density at radius 3 is 2.57 bits per heavy atom. The monoisotopic (exact) mass is 202 g/mol. The van der Waals surface area contributed by atoms with E-state index in [0.29, 0.717) is 6.42 Å². The van der Waals surface area contributed by atoms with Crippen LogP contribution in [0.2, 0.25) is 0 Å². The molecule has 0 bridgehead atoms. The van der Waals surface area contributed by atoms with E-state index < -0.39 is 12.0 Å². The zero-order valence-electron chi connectivity index (χ0n) is 8.45.